The molecule has 38 heavy (non-hydrogen) atoms. The molecule has 1 N–H and O–H groups in total. The predicted octanol–water partition coefficient (Wildman–Crippen LogP) is 7.98. The number of amides is 1. The summed E-state index contributed by atoms with van der Waals surface area (Å²) in [6.07, 6.45) is -5.60. The molecule has 9 heteroatoms. The van der Waals surface area contributed by atoms with Crippen LogP contribution in [0.5, 0.6) is 0 Å². The standard InChI is InChI=1S/C29H28F3N3O3/c1-17-8-6-7-9-22(17)23-15-14-21(16-24(23)29(30,31)32)26-33-25(35-38-26)20-12-10-19(11-13-20)18(2)37-27(36)34-28(3,4)5/h6-16,18H,1-5H3,(H,34,36). The van der Waals surface area contributed by atoms with Crippen LogP contribution < -0.4 is 5.32 Å². The number of carbonyl (C=O) groups excluding carboxylic acids is 1. The second-order valence-electron chi connectivity index (χ2n) is 10.0. The van der Waals surface area contributed by atoms with Crippen LogP contribution in [-0.4, -0.2) is 21.8 Å². The van der Waals surface area contributed by atoms with Gasteiger partial charge < -0.3 is 14.6 Å². The molecule has 0 aliphatic carbocycles. The van der Waals surface area contributed by atoms with Gasteiger partial charge in [0.25, 0.3) is 5.89 Å². The highest BCUT2D eigenvalue weighted by Gasteiger charge is 2.34. The van der Waals surface area contributed by atoms with Crippen molar-refractivity contribution in [2.24, 2.45) is 0 Å². The van der Waals surface area contributed by atoms with E-state index in [1.807, 2.05) is 20.8 Å². The average molecular weight is 524 g/mol. The average Bonchev–Trinajstić information content (AvgIpc) is 3.33. The van der Waals surface area contributed by atoms with Crippen LogP contribution in [0, 0.1) is 6.92 Å². The molecule has 0 saturated carbocycles. The number of hydrogen-bond acceptors (Lipinski definition) is 5. The minimum atomic E-state index is -4.57. The van der Waals surface area contributed by atoms with Crippen molar-refractivity contribution < 1.29 is 27.2 Å². The van der Waals surface area contributed by atoms with Crippen LogP contribution in [0.4, 0.5) is 18.0 Å². The summed E-state index contributed by atoms with van der Waals surface area (Å²) in [7, 11) is 0. The number of benzene rings is 3. The number of nitrogens with one attached hydrogen (secondary N) is 1. The molecule has 3 aromatic carbocycles. The Morgan fingerprint density at radius 1 is 0.947 bits per heavy atom. The maximum absolute atomic E-state index is 14.0. The SMILES string of the molecule is Cc1ccccc1-c1ccc(-c2nc(-c3ccc(C(C)OC(=O)NC(C)(C)C)cc3)no2)cc1C(F)(F)F. The molecule has 0 aliphatic heterocycles. The van der Waals surface area contributed by atoms with Gasteiger partial charge in [0, 0.05) is 16.7 Å². The van der Waals surface area contributed by atoms with Gasteiger partial charge in [0.1, 0.15) is 6.10 Å². The molecule has 1 heterocycles. The summed E-state index contributed by atoms with van der Waals surface area (Å²) in [5, 5.41) is 6.69. The van der Waals surface area contributed by atoms with Crippen molar-refractivity contribution in [3.05, 3.63) is 83.4 Å². The fourth-order valence-corrected chi connectivity index (χ4v) is 3.95. The number of hydrogen-bond donors (Lipinski definition) is 1. The predicted molar refractivity (Wildman–Crippen MR) is 138 cm³/mol. The number of alkyl halides is 3. The zero-order valence-electron chi connectivity index (χ0n) is 21.7. The zero-order valence-corrected chi connectivity index (χ0v) is 21.7. The topological polar surface area (TPSA) is 77.2 Å². The largest absolute Gasteiger partial charge is 0.442 e. The van der Waals surface area contributed by atoms with Gasteiger partial charge in [0.05, 0.1) is 5.56 Å². The number of aryl methyl sites for hydroxylation is 1. The van der Waals surface area contributed by atoms with Crippen molar-refractivity contribution >= 4 is 6.09 Å². The first-order valence-electron chi connectivity index (χ1n) is 12.0. The van der Waals surface area contributed by atoms with Gasteiger partial charge in [-0.2, -0.15) is 18.2 Å². The first-order chi connectivity index (χ1) is 17.8. The molecule has 0 spiro atoms. The molecule has 1 atom stereocenters. The minimum absolute atomic E-state index is 0.0264. The highest BCUT2D eigenvalue weighted by atomic mass is 19.4. The fourth-order valence-electron chi connectivity index (χ4n) is 3.95. The van der Waals surface area contributed by atoms with Gasteiger partial charge in [-0.1, -0.05) is 59.8 Å². The number of nitrogens with zero attached hydrogens (tertiary/aromatic N) is 2. The van der Waals surface area contributed by atoms with Gasteiger partial charge in [-0.25, -0.2) is 4.79 Å². The number of alkyl carbamates (subject to hydrolysis) is 1. The summed E-state index contributed by atoms with van der Waals surface area (Å²) in [4.78, 5) is 16.4. The molecule has 4 rings (SSSR count). The maximum Gasteiger partial charge on any atom is 0.417 e. The minimum Gasteiger partial charge on any atom is -0.442 e. The third kappa shape index (κ3) is 6.22. The summed E-state index contributed by atoms with van der Waals surface area (Å²) in [5.41, 5.74) is 1.65. The van der Waals surface area contributed by atoms with Crippen molar-refractivity contribution in [2.45, 2.75) is 52.4 Å². The quantitative estimate of drug-likeness (QED) is 0.287. The highest BCUT2D eigenvalue weighted by Crippen LogP contribution is 2.40. The van der Waals surface area contributed by atoms with Crippen molar-refractivity contribution in [3.8, 4) is 34.0 Å². The van der Waals surface area contributed by atoms with E-state index in [0.717, 1.165) is 17.2 Å². The van der Waals surface area contributed by atoms with Crippen LogP contribution in [0.25, 0.3) is 34.0 Å². The van der Waals surface area contributed by atoms with E-state index in [9.17, 15) is 18.0 Å². The Balaban J connectivity index is 1.56. The van der Waals surface area contributed by atoms with Crippen molar-refractivity contribution in [1.29, 1.82) is 0 Å². The Morgan fingerprint density at radius 3 is 2.24 bits per heavy atom. The monoisotopic (exact) mass is 523 g/mol. The first-order valence-corrected chi connectivity index (χ1v) is 12.0. The van der Waals surface area contributed by atoms with Crippen LogP contribution in [-0.2, 0) is 10.9 Å². The lowest BCUT2D eigenvalue weighted by Gasteiger charge is -2.22. The zero-order chi connectivity index (χ0) is 27.7. The summed E-state index contributed by atoms with van der Waals surface area (Å²) in [6, 6.07) is 17.9. The molecule has 0 fully saturated rings. The molecule has 1 amide bonds. The van der Waals surface area contributed by atoms with Gasteiger partial charge in [0.15, 0.2) is 0 Å². The molecule has 0 bridgehead atoms. The third-order valence-electron chi connectivity index (χ3n) is 5.83. The molecule has 0 radical (unpaired) electrons. The Morgan fingerprint density at radius 2 is 1.61 bits per heavy atom. The van der Waals surface area contributed by atoms with E-state index in [1.165, 1.54) is 6.07 Å². The molecule has 1 unspecified atom stereocenters. The number of rotatable bonds is 5. The molecule has 4 aromatic rings. The van der Waals surface area contributed by atoms with Gasteiger partial charge in [-0.3, -0.25) is 0 Å². The van der Waals surface area contributed by atoms with E-state index in [2.05, 4.69) is 15.5 Å². The molecular weight excluding hydrogens is 495 g/mol. The van der Waals surface area contributed by atoms with Gasteiger partial charge in [-0.15, -0.1) is 0 Å². The molecule has 1 aromatic heterocycles. The highest BCUT2D eigenvalue weighted by molar-refractivity contribution is 5.74. The van der Waals surface area contributed by atoms with Crippen LogP contribution >= 0.6 is 0 Å². The Labute approximate surface area is 218 Å². The van der Waals surface area contributed by atoms with E-state index >= 15 is 0 Å². The second-order valence-corrected chi connectivity index (χ2v) is 10.0. The summed E-state index contributed by atoms with van der Waals surface area (Å²) in [5.74, 6) is 0.198. The first kappa shape index (κ1) is 26.9. The lowest BCUT2D eigenvalue weighted by Crippen LogP contribution is -2.41. The van der Waals surface area contributed by atoms with Gasteiger partial charge >= 0.3 is 12.3 Å². The van der Waals surface area contributed by atoms with Crippen LogP contribution in [0.2, 0.25) is 0 Å². The van der Waals surface area contributed by atoms with Gasteiger partial charge in [0.2, 0.25) is 5.82 Å². The Kier molecular flexibility index (Phi) is 7.31. The Bertz CT molecular complexity index is 1440. The lowest BCUT2D eigenvalue weighted by atomic mass is 9.94. The molecule has 198 valence electrons. The lowest BCUT2D eigenvalue weighted by molar-refractivity contribution is -0.137. The summed E-state index contributed by atoms with van der Waals surface area (Å²) in [6.45, 7) is 9.09. The molecule has 0 aliphatic rings. The number of carbonyl (C=O) groups is 1. The van der Waals surface area contributed by atoms with Gasteiger partial charge in [-0.05, 0) is 69.0 Å². The van der Waals surface area contributed by atoms with E-state index in [-0.39, 0.29) is 22.8 Å². The summed E-state index contributed by atoms with van der Waals surface area (Å²) < 4.78 is 52.7. The second kappa shape index (κ2) is 10.3. The Hall–Kier alpha value is -4.14. The normalized spacial score (nSPS) is 12.7. The van der Waals surface area contributed by atoms with E-state index in [1.54, 1.807) is 68.4 Å². The van der Waals surface area contributed by atoms with E-state index in [4.69, 9.17) is 9.26 Å². The molecule has 0 saturated heterocycles. The summed E-state index contributed by atoms with van der Waals surface area (Å²) >= 11 is 0. The van der Waals surface area contributed by atoms with Crippen LogP contribution in [0.15, 0.2) is 71.3 Å². The van der Waals surface area contributed by atoms with Crippen molar-refractivity contribution in [1.82, 2.24) is 15.5 Å². The smallest absolute Gasteiger partial charge is 0.417 e. The van der Waals surface area contributed by atoms with Crippen molar-refractivity contribution in [3.63, 3.8) is 0 Å². The van der Waals surface area contributed by atoms with Crippen LogP contribution in [0.3, 0.4) is 0 Å². The fraction of sp³-hybridized carbons (Fsp3) is 0.276. The van der Waals surface area contributed by atoms with E-state index in [0.29, 0.717) is 11.1 Å². The number of ether oxygens (including phenoxy) is 1. The van der Waals surface area contributed by atoms with Crippen molar-refractivity contribution in [2.75, 3.05) is 0 Å². The number of aromatic nitrogens is 2. The maximum atomic E-state index is 14.0. The molecular formula is C29H28F3N3O3. The molecule has 6 nitrogen and oxygen atoms in total. The number of halogens is 3. The van der Waals surface area contributed by atoms with Crippen LogP contribution in [0.1, 0.15) is 50.5 Å². The third-order valence-corrected chi connectivity index (χ3v) is 5.83. The van der Waals surface area contributed by atoms with E-state index < -0.39 is 29.5 Å².